The van der Waals surface area contributed by atoms with Gasteiger partial charge in [0.2, 0.25) is 0 Å². The van der Waals surface area contributed by atoms with E-state index < -0.39 is 23.1 Å². The van der Waals surface area contributed by atoms with Gasteiger partial charge >= 0.3 is 12.1 Å². The van der Waals surface area contributed by atoms with Crippen molar-refractivity contribution in [3.05, 3.63) is 0 Å². The molecule has 22 heavy (non-hydrogen) atoms. The molecule has 0 saturated heterocycles. The van der Waals surface area contributed by atoms with Crippen molar-refractivity contribution >= 4 is 12.1 Å². The summed E-state index contributed by atoms with van der Waals surface area (Å²) in [5.41, 5.74) is -1.47. The average molecular weight is 315 g/mol. The first kappa shape index (κ1) is 20.7. The normalized spacial score (nSPS) is 14.2. The standard InChI is InChI=1S/C17H33NO4/c1-6-8-9-10-12-17(11-7-2,14(19)20)13-18-15(21)22-16(3,4)5/h6-13H2,1-5H3,(H,18,21)(H,19,20). The van der Waals surface area contributed by atoms with Gasteiger partial charge in [-0.25, -0.2) is 4.79 Å². The Labute approximate surface area is 134 Å². The number of aliphatic carboxylic acids is 1. The Morgan fingerprint density at radius 3 is 2.09 bits per heavy atom. The summed E-state index contributed by atoms with van der Waals surface area (Å²) in [6, 6.07) is 0. The first-order valence-electron chi connectivity index (χ1n) is 8.37. The number of nitrogens with one attached hydrogen (secondary N) is 1. The molecule has 5 heteroatoms. The quantitative estimate of drug-likeness (QED) is 0.588. The van der Waals surface area contributed by atoms with Crippen LogP contribution in [0.25, 0.3) is 0 Å². The number of alkyl carbamates (subject to hydrolysis) is 1. The maximum absolute atomic E-state index is 11.8. The SMILES string of the molecule is CCCCCCC(CCC)(CNC(=O)OC(C)(C)C)C(=O)O. The molecule has 0 bridgehead atoms. The van der Waals surface area contributed by atoms with Crippen LogP contribution in [0, 0.1) is 5.41 Å². The molecule has 1 amide bonds. The zero-order valence-corrected chi connectivity index (χ0v) is 14.8. The fourth-order valence-corrected chi connectivity index (χ4v) is 2.52. The van der Waals surface area contributed by atoms with E-state index in [0.29, 0.717) is 12.8 Å². The molecule has 0 aliphatic heterocycles. The second kappa shape index (κ2) is 9.70. The Bertz CT molecular complexity index is 349. The van der Waals surface area contributed by atoms with Crippen molar-refractivity contribution in [1.82, 2.24) is 5.32 Å². The van der Waals surface area contributed by atoms with Gasteiger partial charge in [-0.2, -0.15) is 0 Å². The highest BCUT2D eigenvalue weighted by Crippen LogP contribution is 2.31. The number of ether oxygens (including phenoxy) is 1. The smallest absolute Gasteiger partial charge is 0.407 e. The molecule has 0 aromatic heterocycles. The lowest BCUT2D eigenvalue weighted by atomic mass is 9.78. The minimum Gasteiger partial charge on any atom is -0.481 e. The molecule has 0 rings (SSSR count). The van der Waals surface area contributed by atoms with E-state index in [0.717, 1.165) is 32.1 Å². The minimum absolute atomic E-state index is 0.122. The van der Waals surface area contributed by atoms with E-state index >= 15 is 0 Å². The summed E-state index contributed by atoms with van der Waals surface area (Å²) in [4.78, 5) is 23.6. The lowest BCUT2D eigenvalue weighted by molar-refractivity contribution is -0.149. The van der Waals surface area contributed by atoms with E-state index in [1.165, 1.54) is 0 Å². The first-order chi connectivity index (χ1) is 10.2. The number of carbonyl (C=O) groups is 2. The van der Waals surface area contributed by atoms with Gasteiger partial charge in [0.15, 0.2) is 0 Å². The molecule has 0 aliphatic carbocycles. The van der Waals surface area contributed by atoms with Gasteiger partial charge in [0.25, 0.3) is 0 Å². The van der Waals surface area contributed by atoms with Crippen molar-refractivity contribution in [2.24, 2.45) is 5.41 Å². The number of unbranched alkanes of at least 4 members (excludes halogenated alkanes) is 3. The maximum atomic E-state index is 11.8. The Morgan fingerprint density at radius 2 is 1.64 bits per heavy atom. The highest BCUT2D eigenvalue weighted by atomic mass is 16.6. The van der Waals surface area contributed by atoms with E-state index in [-0.39, 0.29) is 6.54 Å². The third kappa shape index (κ3) is 8.25. The maximum Gasteiger partial charge on any atom is 0.407 e. The Balaban J connectivity index is 4.70. The fraction of sp³-hybridized carbons (Fsp3) is 0.882. The lowest BCUT2D eigenvalue weighted by Crippen LogP contribution is -2.44. The number of rotatable bonds is 10. The topological polar surface area (TPSA) is 75.6 Å². The van der Waals surface area contributed by atoms with Crippen molar-refractivity contribution in [3.63, 3.8) is 0 Å². The van der Waals surface area contributed by atoms with E-state index in [1.54, 1.807) is 20.8 Å². The number of carboxylic acid groups (broad SMARTS) is 1. The van der Waals surface area contributed by atoms with Crippen LogP contribution < -0.4 is 5.32 Å². The number of amides is 1. The van der Waals surface area contributed by atoms with Crippen molar-refractivity contribution in [2.45, 2.75) is 85.2 Å². The van der Waals surface area contributed by atoms with Crippen LogP contribution in [0.3, 0.4) is 0 Å². The summed E-state index contributed by atoms with van der Waals surface area (Å²) in [6.07, 6.45) is 5.50. The molecule has 0 spiro atoms. The summed E-state index contributed by atoms with van der Waals surface area (Å²) in [6.45, 7) is 9.57. The number of hydrogen-bond donors (Lipinski definition) is 2. The molecule has 1 atom stereocenters. The molecule has 2 N–H and O–H groups in total. The van der Waals surface area contributed by atoms with Crippen molar-refractivity contribution < 1.29 is 19.4 Å². The zero-order chi connectivity index (χ0) is 17.2. The van der Waals surface area contributed by atoms with Gasteiger partial charge in [0, 0.05) is 6.54 Å². The van der Waals surface area contributed by atoms with Gasteiger partial charge in [0.1, 0.15) is 5.60 Å². The van der Waals surface area contributed by atoms with Gasteiger partial charge in [-0.3, -0.25) is 4.79 Å². The summed E-state index contributed by atoms with van der Waals surface area (Å²) in [5, 5.41) is 12.3. The highest BCUT2D eigenvalue weighted by molar-refractivity contribution is 5.76. The van der Waals surface area contributed by atoms with Crippen molar-refractivity contribution in [1.29, 1.82) is 0 Å². The van der Waals surface area contributed by atoms with Crippen LogP contribution >= 0.6 is 0 Å². The lowest BCUT2D eigenvalue weighted by Gasteiger charge is -2.30. The Morgan fingerprint density at radius 1 is 1.00 bits per heavy atom. The number of hydrogen-bond acceptors (Lipinski definition) is 3. The fourth-order valence-electron chi connectivity index (χ4n) is 2.52. The molecule has 0 fully saturated rings. The van der Waals surface area contributed by atoms with Gasteiger partial charge in [-0.1, -0.05) is 46.0 Å². The second-order valence-electron chi connectivity index (χ2n) is 7.00. The summed E-state index contributed by atoms with van der Waals surface area (Å²) >= 11 is 0. The molecule has 0 aromatic rings. The van der Waals surface area contributed by atoms with Gasteiger partial charge in [0.05, 0.1) is 5.41 Å². The molecule has 0 aromatic carbocycles. The molecule has 130 valence electrons. The van der Waals surface area contributed by atoms with Crippen LogP contribution in [0.2, 0.25) is 0 Å². The van der Waals surface area contributed by atoms with Crippen LogP contribution in [-0.4, -0.2) is 29.3 Å². The number of carboxylic acids is 1. The van der Waals surface area contributed by atoms with Gasteiger partial charge < -0.3 is 15.2 Å². The van der Waals surface area contributed by atoms with Crippen molar-refractivity contribution in [2.75, 3.05) is 6.54 Å². The average Bonchev–Trinajstić information content (AvgIpc) is 2.38. The molecule has 0 heterocycles. The molecular formula is C17H33NO4. The van der Waals surface area contributed by atoms with Crippen LogP contribution in [-0.2, 0) is 9.53 Å². The summed E-state index contributed by atoms with van der Waals surface area (Å²) in [5.74, 6) is -0.832. The van der Waals surface area contributed by atoms with Crippen LogP contribution in [0.5, 0.6) is 0 Å². The summed E-state index contributed by atoms with van der Waals surface area (Å²) in [7, 11) is 0. The van der Waals surface area contributed by atoms with Crippen LogP contribution in [0.1, 0.15) is 79.6 Å². The summed E-state index contributed by atoms with van der Waals surface area (Å²) < 4.78 is 5.19. The highest BCUT2D eigenvalue weighted by Gasteiger charge is 2.37. The van der Waals surface area contributed by atoms with Crippen LogP contribution in [0.15, 0.2) is 0 Å². The second-order valence-corrected chi connectivity index (χ2v) is 7.00. The van der Waals surface area contributed by atoms with E-state index in [9.17, 15) is 14.7 Å². The molecule has 0 saturated carbocycles. The molecule has 0 aliphatic rings. The van der Waals surface area contributed by atoms with E-state index in [2.05, 4.69) is 12.2 Å². The Hall–Kier alpha value is -1.26. The largest absolute Gasteiger partial charge is 0.481 e. The van der Waals surface area contributed by atoms with Gasteiger partial charge in [-0.05, 0) is 33.6 Å². The zero-order valence-electron chi connectivity index (χ0n) is 14.8. The molecule has 1 unspecified atom stereocenters. The molecule has 0 radical (unpaired) electrons. The molecular weight excluding hydrogens is 282 g/mol. The molecule has 5 nitrogen and oxygen atoms in total. The monoisotopic (exact) mass is 315 g/mol. The van der Waals surface area contributed by atoms with Crippen LogP contribution in [0.4, 0.5) is 4.79 Å². The van der Waals surface area contributed by atoms with Gasteiger partial charge in [-0.15, -0.1) is 0 Å². The first-order valence-corrected chi connectivity index (χ1v) is 8.37. The van der Waals surface area contributed by atoms with E-state index in [1.807, 2.05) is 6.92 Å². The third-order valence-electron chi connectivity index (χ3n) is 3.66. The predicted octanol–water partition coefficient (Wildman–Crippen LogP) is 4.35. The minimum atomic E-state index is -0.889. The predicted molar refractivity (Wildman–Crippen MR) is 88.0 cm³/mol. The Kier molecular flexibility index (Phi) is 9.14. The number of carbonyl (C=O) groups excluding carboxylic acids is 1. The van der Waals surface area contributed by atoms with E-state index in [4.69, 9.17) is 4.74 Å². The third-order valence-corrected chi connectivity index (χ3v) is 3.66. The van der Waals surface area contributed by atoms with Crippen molar-refractivity contribution in [3.8, 4) is 0 Å².